The zero-order valence-corrected chi connectivity index (χ0v) is 15.8. The minimum atomic E-state index is -3.72. The van der Waals surface area contributed by atoms with Gasteiger partial charge in [-0.25, -0.2) is 13.2 Å². The summed E-state index contributed by atoms with van der Waals surface area (Å²) in [6.07, 6.45) is 0. The number of benzene rings is 3. The molecular weight excluding hydrogens is 362 g/mol. The number of carbonyl (C=O) groups is 1. The molecule has 0 atom stereocenters. The highest BCUT2D eigenvalue weighted by Crippen LogP contribution is 2.22. The molecule has 0 aliphatic heterocycles. The van der Waals surface area contributed by atoms with E-state index in [1.165, 1.54) is 35.6 Å². The molecule has 138 valence electrons. The number of para-hydroxylation sites is 1. The van der Waals surface area contributed by atoms with Crippen molar-refractivity contribution in [2.24, 2.45) is 0 Å². The molecule has 3 aromatic rings. The summed E-state index contributed by atoms with van der Waals surface area (Å²) >= 11 is 0. The Morgan fingerprint density at radius 2 is 1.56 bits per heavy atom. The molecule has 0 radical (unpaired) electrons. The molecular formula is C21H19NO4S. The molecule has 3 rings (SSSR count). The van der Waals surface area contributed by atoms with E-state index in [1.807, 2.05) is 19.1 Å². The first kappa shape index (κ1) is 18.7. The van der Waals surface area contributed by atoms with E-state index in [9.17, 15) is 13.2 Å². The predicted octanol–water partition coefficient (Wildman–Crippen LogP) is 4.04. The molecule has 0 fully saturated rings. The summed E-state index contributed by atoms with van der Waals surface area (Å²) in [5.74, 6) is -0.0959. The Morgan fingerprint density at radius 3 is 2.19 bits per heavy atom. The number of hydrogen-bond acceptors (Lipinski definition) is 4. The molecule has 0 bridgehead atoms. The first-order valence-electron chi connectivity index (χ1n) is 8.31. The van der Waals surface area contributed by atoms with Crippen LogP contribution in [0.4, 0.5) is 5.69 Å². The summed E-state index contributed by atoms with van der Waals surface area (Å²) in [6.45, 7) is 1.90. The number of sulfonamides is 1. The smallest absolute Gasteiger partial charge is 0.343 e. The Balaban J connectivity index is 1.79. The van der Waals surface area contributed by atoms with Crippen LogP contribution in [0.1, 0.15) is 15.9 Å². The summed E-state index contributed by atoms with van der Waals surface area (Å²) in [4.78, 5) is 12.4. The lowest BCUT2D eigenvalue weighted by molar-refractivity contribution is 0.0734. The van der Waals surface area contributed by atoms with Crippen molar-refractivity contribution in [3.8, 4) is 5.75 Å². The normalized spacial score (nSPS) is 11.0. The van der Waals surface area contributed by atoms with Crippen LogP contribution < -0.4 is 9.04 Å². The average molecular weight is 381 g/mol. The van der Waals surface area contributed by atoms with Gasteiger partial charge >= 0.3 is 5.97 Å². The quantitative estimate of drug-likeness (QED) is 0.494. The maximum atomic E-state index is 12.8. The molecule has 0 N–H and O–H groups in total. The zero-order valence-electron chi connectivity index (χ0n) is 15.0. The van der Waals surface area contributed by atoms with Gasteiger partial charge in [0.2, 0.25) is 0 Å². The lowest BCUT2D eigenvalue weighted by Crippen LogP contribution is -2.26. The number of nitrogens with zero attached hydrogens (tertiary/aromatic N) is 1. The fourth-order valence-corrected chi connectivity index (χ4v) is 3.74. The number of carbonyl (C=O) groups excluding carboxylic acids is 1. The first-order chi connectivity index (χ1) is 12.9. The molecule has 0 aliphatic rings. The number of aryl methyl sites for hydroxylation is 1. The monoisotopic (exact) mass is 381 g/mol. The molecule has 3 aromatic carbocycles. The Hall–Kier alpha value is -3.12. The second-order valence-electron chi connectivity index (χ2n) is 6.04. The van der Waals surface area contributed by atoms with E-state index < -0.39 is 16.0 Å². The highest BCUT2D eigenvalue weighted by molar-refractivity contribution is 7.92. The standard InChI is InChI=1S/C21H19NO4S/c1-16-7-6-10-19(15-16)26-21(23)17-11-13-20(14-12-17)27(24,25)22(2)18-8-4-3-5-9-18/h3-15H,1-2H3. The average Bonchev–Trinajstić information content (AvgIpc) is 2.68. The van der Waals surface area contributed by atoms with Gasteiger partial charge in [0, 0.05) is 7.05 Å². The van der Waals surface area contributed by atoms with Gasteiger partial charge in [-0.1, -0.05) is 30.3 Å². The fourth-order valence-electron chi connectivity index (χ4n) is 2.54. The largest absolute Gasteiger partial charge is 0.423 e. The fraction of sp³-hybridized carbons (Fsp3) is 0.0952. The van der Waals surface area contributed by atoms with Crippen molar-refractivity contribution in [3.63, 3.8) is 0 Å². The van der Waals surface area contributed by atoms with Crippen LogP contribution in [-0.2, 0) is 10.0 Å². The van der Waals surface area contributed by atoms with Crippen LogP contribution in [0.3, 0.4) is 0 Å². The number of esters is 1. The highest BCUT2D eigenvalue weighted by Gasteiger charge is 2.21. The molecule has 5 nitrogen and oxygen atoms in total. The van der Waals surface area contributed by atoms with Crippen LogP contribution in [0.5, 0.6) is 5.75 Å². The van der Waals surface area contributed by atoms with E-state index in [1.54, 1.807) is 42.5 Å². The first-order valence-corrected chi connectivity index (χ1v) is 9.75. The van der Waals surface area contributed by atoms with Crippen molar-refractivity contribution in [2.75, 3.05) is 11.4 Å². The SMILES string of the molecule is Cc1cccc(OC(=O)c2ccc(S(=O)(=O)N(C)c3ccccc3)cc2)c1. The van der Waals surface area contributed by atoms with Crippen molar-refractivity contribution in [1.82, 2.24) is 0 Å². The Morgan fingerprint density at radius 1 is 0.889 bits per heavy atom. The maximum absolute atomic E-state index is 12.8. The van der Waals surface area contributed by atoms with Gasteiger partial charge in [-0.2, -0.15) is 0 Å². The van der Waals surface area contributed by atoms with Crippen LogP contribution in [0.15, 0.2) is 83.8 Å². The van der Waals surface area contributed by atoms with Gasteiger partial charge in [0.25, 0.3) is 10.0 Å². The third kappa shape index (κ3) is 4.17. The van der Waals surface area contributed by atoms with E-state index in [4.69, 9.17) is 4.74 Å². The van der Waals surface area contributed by atoms with Gasteiger partial charge in [-0.15, -0.1) is 0 Å². The number of anilines is 1. The van der Waals surface area contributed by atoms with Crippen LogP contribution in [0.2, 0.25) is 0 Å². The van der Waals surface area contributed by atoms with Crippen LogP contribution in [0.25, 0.3) is 0 Å². The van der Waals surface area contributed by atoms with Gasteiger partial charge in [0.1, 0.15) is 5.75 Å². The lowest BCUT2D eigenvalue weighted by Gasteiger charge is -2.19. The molecule has 0 aliphatic carbocycles. The van der Waals surface area contributed by atoms with E-state index >= 15 is 0 Å². The summed E-state index contributed by atoms with van der Waals surface area (Å²) in [5, 5.41) is 0. The number of ether oxygens (including phenoxy) is 1. The van der Waals surface area contributed by atoms with E-state index in [0.29, 0.717) is 11.4 Å². The van der Waals surface area contributed by atoms with E-state index in [-0.39, 0.29) is 10.5 Å². The summed E-state index contributed by atoms with van der Waals surface area (Å²) < 4.78 is 32.0. The van der Waals surface area contributed by atoms with Crippen LogP contribution in [0, 0.1) is 6.92 Å². The van der Waals surface area contributed by atoms with Crippen molar-refractivity contribution < 1.29 is 17.9 Å². The predicted molar refractivity (Wildman–Crippen MR) is 105 cm³/mol. The molecule has 0 saturated carbocycles. The summed E-state index contributed by atoms with van der Waals surface area (Å²) in [5.41, 5.74) is 1.81. The minimum absolute atomic E-state index is 0.0981. The van der Waals surface area contributed by atoms with Crippen molar-refractivity contribution in [3.05, 3.63) is 90.0 Å². The Bertz CT molecular complexity index is 1050. The van der Waals surface area contributed by atoms with Gasteiger partial charge in [0.15, 0.2) is 0 Å². The third-order valence-electron chi connectivity index (χ3n) is 4.07. The second-order valence-corrected chi connectivity index (χ2v) is 8.01. The van der Waals surface area contributed by atoms with E-state index in [0.717, 1.165) is 5.56 Å². The Kier molecular flexibility index (Phi) is 5.28. The number of rotatable bonds is 5. The van der Waals surface area contributed by atoms with Gasteiger partial charge < -0.3 is 4.74 Å². The number of hydrogen-bond donors (Lipinski definition) is 0. The summed E-state index contributed by atoms with van der Waals surface area (Å²) in [7, 11) is -2.23. The molecule has 0 heterocycles. The summed E-state index contributed by atoms with van der Waals surface area (Å²) in [6, 6.07) is 21.6. The molecule has 0 saturated heterocycles. The zero-order chi connectivity index (χ0) is 19.4. The molecule has 0 aromatic heterocycles. The van der Waals surface area contributed by atoms with Gasteiger partial charge in [0.05, 0.1) is 16.1 Å². The van der Waals surface area contributed by atoms with Crippen molar-refractivity contribution >= 4 is 21.7 Å². The molecule has 27 heavy (non-hydrogen) atoms. The minimum Gasteiger partial charge on any atom is -0.423 e. The molecule has 0 spiro atoms. The van der Waals surface area contributed by atoms with E-state index in [2.05, 4.69) is 0 Å². The Labute approximate surface area is 158 Å². The van der Waals surface area contributed by atoms with Gasteiger partial charge in [-0.3, -0.25) is 4.31 Å². The van der Waals surface area contributed by atoms with Crippen molar-refractivity contribution in [2.45, 2.75) is 11.8 Å². The maximum Gasteiger partial charge on any atom is 0.343 e. The van der Waals surface area contributed by atoms with Crippen LogP contribution >= 0.6 is 0 Å². The van der Waals surface area contributed by atoms with Crippen molar-refractivity contribution in [1.29, 1.82) is 0 Å². The second kappa shape index (κ2) is 7.63. The molecule has 6 heteroatoms. The topological polar surface area (TPSA) is 63.7 Å². The molecule has 0 amide bonds. The lowest BCUT2D eigenvalue weighted by atomic mass is 10.2. The third-order valence-corrected chi connectivity index (χ3v) is 5.87. The van der Waals surface area contributed by atoms with Crippen LogP contribution in [-0.4, -0.2) is 21.4 Å². The highest BCUT2D eigenvalue weighted by atomic mass is 32.2. The molecule has 0 unspecified atom stereocenters. The van der Waals surface area contributed by atoms with Gasteiger partial charge in [-0.05, 0) is 61.0 Å².